The van der Waals surface area contributed by atoms with E-state index in [4.69, 9.17) is 9.47 Å². The molecule has 2 aromatic rings. The van der Waals surface area contributed by atoms with E-state index in [1.165, 1.54) is 5.56 Å². The molecular formula is C21H27NO3. The SMILES string of the molecule is CCCNC(=O)c1ccc(OC)c(COc2cc(C)cc(C)c2C)c1. The molecule has 0 bridgehead atoms. The fourth-order valence-corrected chi connectivity index (χ4v) is 2.68. The van der Waals surface area contributed by atoms with Crippen LogP contribution in [-0.2, 0) is 6.61 Å². The van der Waals surface area contributed by atoms with Crippen molar-refractivity contribution in [3.63, 3.8) is 0 Å². The standard InChI is InChI=1S/C21H27NO3/c1-6-9-22-21(23)17-7-8-19(24-5)18(12-17)13-25-20-11-14(2)10-15(3)16(20)4/h7-8,10-12H,6,9,13H2,1-5H3,(H,22,23). The normalized spacial score (nSPS) is 10.4. The number of nitrogens with one attached hydrogen (secondary N) is 1. The molecule has 0 spiro atoms. The van der Waals surface area contributed by atoms with Crippen LogP contribution in [0.4, 0.5) is 0 Å². The van der Waals surface area contributed by atoms with Crippen molar-refractivity contribution in [1.29, 1.82) is 0 Å². The Kier molecular flexibility index (Phi) is 6.45. The lowest BCUT2D eigenvalue weighted by Gasteiger charge is -2.15. The lowest BCUT2D eigenvalue weighted by atomic mass is 10.1. The van der Waals surface area contributed by atoms with E-state index in [2.05, 4.69) is 32.2 Å². The number of methoxy groups -OCH3 is 1. The summed E-state index contributed by atoms with van der Waals surface area (Å²) in [6, 6.07) is 9.60. The van der Waals surface area contributed by atoms with E-state index in [-0.39, 0.29) is 5.91 Å². The number of hydrogen-bond acceptors (Lipinski definition) is 3. The average molecular weight is 341 g/mol. The molecule has 2 rings (SSSR count). The first-order chi connectivity index (χ1) is 12.0. The summed E-state index contributed by atoms with van der Waals surface area (Å²) in [4.78, 5) is 12.2. The third-order valence-corrected chi connectivity index (χ3v) is 4.23. The molecule has 1 amide bonds. The predicted molar refractivity (Wildman–Crippen MR) is 101 cm³/mol. The van der Waals surface area contributed by atoms with E-state index in [0.29, 0.717) is 24.5 Å². The highest BCUT2D eigenvalue weighted by Gasteiger charge is 2.12. The molecule has 0 aromatic heterocycles. The van der Waals surface area contributed by atoms with Gasteiger partial charge in [0.1, 0.15) is 18.1 Å². The van der Waals surface area contributed by atoms with E-state index >= 15 is 0 Å². The quantitative estimate of drug-likeness (QED) is 0.815. The summed E-state index contributed by atoms with van der Waals surface area (Å²) in [5.41, 5.74) is 4.96. The van der Waals surface area contributed by atoms with Crippen LogP contribution in [0.2, 0.25) is 0 Å². The van der Waals surface area contributed by atoms with Gasteiger partial charge >= 0.3 is 0 Å². The van der Waals surface area contributed by atoms with Crippen molar-refractivity contribution in [3.8, 4) is 11.5 Å². The Morgan fingerprint density at radius 2 is 1.84 bits per heavy atom. The van der Waals surface area contributed by atoms with Crippen LogP contribution in [0.15, 0.2) is 30.3 Å². The molecule has 0 saturated heterocycles. The van der Waals surface area contributed by atoms with E-state index in [9.17, 15) is 4.79 Å². The molecule has 0 atom stereocenters. The Morgan fingerprint density at radius 1 is 1.08 bits per heavy atom. The average Bonchev–Trinajstić information content (AvgIpc) is 2.61. The van der Waals surface area contributed by atoms with Crippen LogP contribution in [0.3, 0.4) is 0 Å². The molecular weight excluding hydrogens is 314 g/mol. The van der Waals surface area contributed by atoms with Gasteiger partial charge in [0.2, 0.25) is 0 Å². The van der Waals surface area contributed by atoms with Crippen molar-refractivity contribution in [2.75, 3.05) is 13.7 Å². The first kappa shape index (κ1) is 18.8. The second kappa shape index (κ2) is 8.56. The van der Waals surface area contributed by atoms with Gasteiger partial charge in [-0.3, -0.25) is 4.79 Å². The van der Waals surface area contributed by atoms with E-state index in [1.807, 2.05) is 25.1 Å². The molecule has 0 heterocycles. The minimum absolute atomic E-state index is 0.0756. The van der Waals surface area contributed by atoms with Crippen LogP contribution in [0, 0.1) is 20.8 Å². The van der Waals surface area contributed by atoms with Gasteiger partial charge in [-0.15, -0.1) is 0 Å². The van der Waals surface area contributed by atoms with Gasteiger partial charge < -0.3 is 14.8 Å². The summed E-state index contributed by atoms with van der Waals surface area (Å²) in [5, 5.41) is 2.89. The highest BCUT2D eigenvalue weighted by atomic mass is 16.5. The summed E-state index contributed by atoms with van der Waals surface area (Å²) >= 11 is 0. The number of amides is 1. The lowest BCUT2D eigenvalue weighted by molar-refractivity contribution is 0.0953. The van der Waals surface area contributed by atoms with E-state index < -0.39 is 0 Å². The van der Waals surface area contributed by atoms with Crippen LogP contribution < -0.4 is 14.8 Å². The van der Waals surface area contributed by atoms with Crippen molar-refractivity contribution in [3.05, 3.63) is 58.1 Å². The minimum atomic E-state index is -0.0756. The molecule has 0 saturated carbocycles. The second-order valence-corrected chi connectivity index (χ2v) is 6.28. The van der Waals surface area contributed by atoms with Gasteiger partial charge in [0.05, 0.1) is 7.11 Å². The first-order valence-electron chi connectivity index (χ1n) is 8.62. The van der Waals surface area contributed by atoms with Gasteiger partial charge in [-0.1, -0.05) is 13.0 Å². The zero-order chi connectivity index (χ0) is 18.4. The fraction of sp³-hybridized carbons (Fsp3) is 0.381. The molecule has 4 heteroatoms. The van der Waals surface area contributed by atoms with Gasteiger partial charge in [0.25, 0.3) is 5.91 Å². The summed E-state index contributed by atoms with van der Waals surface area (Å²) in [6.07, 6.45) is 0.907. The predicted octanol–water partition coefficient (Wildman–Crippen LogP) is 4.34. The number of ether oxygens (including phenoxy) is 2. The number of rotatable bonds is 7. The highest BCUT2D eigenvalue weighted by molar-refractivity contribution is 5.94. The summed E-state index contributed by atoms with van der Waals surface area (Å²) in [7, 11) is 1.62. The minimum Gasteiger partial charge on any atom is -0.496 e. The summed E-state index contributed by atoms with van der Waals surface area (Å²) < 4.78 is 11.4. The smallest absolute Gasteiger partial charge is 0.251 e. The highest BCUT2D eigenvalue weighted by Crippen LogP contribution is 2.26. The van der Waals surface area contributed by atoms with Gasteiger partial charge in [-0.25, -0.2) is 0 Å². The van der Waals surface area contributed by atoms with Gasteiger partial charge in [-0.2, -0.15) is 0 Å². The lowest BCUT2D eigenvalue weighted by Crippen LogP contribution is -2.24. The first-order valence-corrected chi connectivity index (χ1v) is 8.62. The maximum atomic E-state index is 12.2. The van der Waals surface area contributed by atoms with Crippen LogP contribution in [0.5, 0.6) is 11.5 Å². The maximum Gasteiger partial charge on any atom is 0.251 e. The fourth-order valence-electron chi connectivity index (χ4n) is 2.68. The Morgan fingerprint density at radius 3 is 2.52 bits per heavy atom. The third kappa shape index (κ3) is 4.75. The monoisotopic (exact) mass is 341 g/mol. The molecule has 1 N–H and O–H groups in total. The summed E-state index contributed by atoms with van der Waals surface area (Å²) in [6.45, 7) is 9.23. The van der Waals surface area contributed by atoms with Crippen LogP contribution >= 0.6 is 0 Å². The number of benzene rings is 2. The van der Waals surface area contributed by atoms with E-state index in [1.54, 1.807) is 13.2 Å². The molecule has 0 unspecified atom stereocenters. The molecule has 25 heavy (non-hydrogen) atoms. The summed E-state index contributed by atoms with van der Waals surface area (Å²) in [5.74, 6) is 1.50. The van der Waals surface area contributed by atoms with Crippen molar-refractivity contribution < 1.29 is 14.3 Å². The van der Waals surface area contributed by atoms with Crippen molar-refractivity contribution in [2.24, 2.45) is 0 Å². The van der Waals surface area contributed by atoms with Crippen LogP contribution in [0.1, 0.15) is 46.0 Å². The van der Waals surface area contributed by atoms with Gasteiger partial charge in [0.15, 0.2) is 0 Å². The zero-order valence-electron chi connectivity index (χ0n) is 15.7. The Labute approximate surface area is 150 Å². The molecule has 2 aromatic carbocycles. The Balaban J connectivity index is 2.22. The van der Waals surface area contributed by atoms with Crippen LogP contribution in [-0.4, -0.2) is 19.6 Å². The molecule has 0 fully saturated rings. The number of hydrogen-bond donors (Lipinski definition) is 1. The second-order valence-electron chi connectivity index (χ2n) is 6.28. The molecule has 0 aliphatic heterocycles. The third-order valence-electron chi connectivity index (χ3n) is 4.23. The van der Waals surface area contributed by atoms with Crippen molar-refractivity contribution in [1.82, 2.24) is 5.32 Å². The van der Waals surface area contributed by atoms with Crippen molar-refractivity contribution in [2.45, 2.75) is 40.7 Å². The maximum absolute atomic E-state index is 12.2. The molecule has 0 aliphatic carbocycles. The Hall–Kier alpha value is -2.49. The van der Waals surface area contributed by atoms with Crippen LogP contribution in [0.25, 0.3) is 0 Å². The molecule has 0 aliphatic rings. The van der Waals surface area contributed by atoms with Crippen molar-refractivity contribution >= 4 is 5.91 Å². The van der Waals surface area contributed by atoms with Gasteiger partial charge in [0, 0.05) is 17.7 Å². The zero-order valence-corrected chi connectivity index (χ0v) is 15.7. The topological polar surface area (TPSA) is 47.6 Å². The number of carbonyl (C=O) groups excluding carboxylic acids is 1. The molecule has 0 radical (unpaired) electrons. The Bertz CT molecular complexity index is 753. The van der Waals surface area contributed by atoms with E-state index in [0.717, 1.165) is 28.9 Å². The molecule has 134 valence electrons. The molecule has 4 nitrogen and oxygen atoms in total. The number of carbonyl (C=O) groups is 1. The number of aryl methyl sites for hydroxylation is 2. The largest absolute Gasteiger partial charge is 0.496 e. The van der Waals surface area contributed by atoms with Gasteiger partial charge in [-0.05, 0) is 68.1 Å².